The summed E-state index contributed by atoms with van der Waals surface area (Å²) in [4.78, 5) is 5.19. The van der Waals surface area contributed by atoms with Crippen LogP contribution in [0.2, 0.25) is 0 Å². The second kappa shape index (κ2) is 5.17. The van der Waals surface area contributed by atoms with Gasteiger partial charge in [0.05, 0.1) is 0 Å². The Morgan fingerprint density at radius 3 is 2.75 bits per heavy atom. The first kappa shape index (κ1) is 12.3. The van der Waals surface area contributed by atoms with Crippen LogP contribution in [0, 0.1) is 0 Å². The summed E-state index contributed by atoms with van der Waals surface area (Å²) in [5.74, 6) is 1.79. The van der Waals surface area contributed by atoms with Crippen LogP contribution in [0.4, 0.5) is 5.69 Å². The van der Waals surface area contributed by atoms with Crippen molar-refractivity contribution < 1.29 is 9.47 Å². The first-order valence-corrected chi connectivity index (χ1v) is 7.79. The van der Waals surface area contributed by atoms with Gasteiger partial charge in [0.1, 0.15) is 13.2 Å². The van der Waals surface area contributed by atoms with Crippen LogP contribution in [0.5, 0.6) is 11.5 Å². The largest absolute Gasteiger partial charge is 0.486 e. The summed E-state index contributed by atoms with van der Waals surface area (Å²) in [5.41, 5.74) is 1.28. The quantitative estimate of drug-likeness (QED) is 0.783. The minimum Gasteiger partial charge on any atom is -0.486 e. The third kappa shape index (κ3) is 2.22. The molecule has 4 nitrogen and oxygen atoms in total. The van der Waals surface area contributed by atoms with E-state index in [1.54, 1.807) is 0 Å². The van der Waals surface area contributed by atoms with Gasteiger partial charge in [-0.15, -0.1) is 0 Å². The molecule has 1 unspecified atom stereocenters. The van der Waals surface area contributed by atoms with Crippen LogP contribution >= 0.6 is 0 Å². The Bertz CT molecular complexity index is 491. The van der Waals surface area contributed by atoms with Gasteiger partial charge in [-0.1, -0.05) is 0 Å². The second-order valence-corrected chi connectivity index (χ2v) is 5.96. The van der Waals surface area contributed by atoms with E-state index in [1.807, 2.05) is 0 Å². The van der Waals surface area contributed by atoms with Crippen LogP contribution < -0.4 is 14.4 Å². The van der Waals surface area contributed by atoms with Crippen LogP contribution in [0.25, 0.3) is 0 Å². The number of ether oxygens (including phenoxy) is 2. The van der Waals surface area contributed by atoms with Gasteiger partial charge < -0.3 is 14.4 Å². The highest BCUT2D eigenvalue weighted by Gasteiger charge is 2.29. The predicted molar refractivity (Wildman–Crippen MR) is 78.9 cm³/mol. The Kier molecular flexibility index (Phi) is 3.19. The van der Waals surface area contributed by atoms with Gasteiger partial charge in [0.25, 0.3) is 0 Å². The molecule has 0 radical (unpaired) electrons. The molecule has 1 aromatic carbocycles. The molecule has 3 aliphatic heterocycles. The lowest BCUT2D eigenvalue weighted by molar-refractivity contribution is 0.171. The molecule has 4 heteroatoms. The average molecular weight is 274 g/mol. The van der Waals surface area contributed by atoms with E-state index < -0.39 is 0 Å². The number of nitrogens with zero attached hydrogens (tertiary/aromatic N) is 2. The van der Waals surface area contributed by atoms with Crippen LogP contribution in [-0.2, 0) is 0 Å². The molecular formula is C16H22N2O2. The van der Waals surface area contributed by atoms with E-state index in [0.29, 0.717) is 13.2 Å². The molecule has 108 valence electrons. The Hall–Kier alpha value is -1.42. The van der Waals surface area contributed by atoms with E-state index in [2.05, 4.69) is 28.0 Å². The molecule has 2 saturated heterocycles. The van der Waals surface area contributed by atoms with Gasteiger partial charge in [0, 0.05) is 37.4 Å². The highest BCUT2D eigenvalue weighted by atomic mass is 16.6. The number of fused-ring (bicyclic) bond motifs is 2. The summed E-state index contributed by atoms with van der Waals surface area (Å²) in [5, 5.41) is 0. The zero-order chi connectivity index (χ0) is 13.4. The average Bonchev–Trinajstić information content (AvgIpc) is 2.84. The lowest BCUT2D eigenvalue weighted by Crippen LogP contribution is -2.36. The molecule has 3 aliphatic rings. The van der Waals surface area contributed by atoms with Gasteiger partial charge in [-0.25, -0.2) is 0 Å². The lowest BCUT2D eigenvalue weighted by Gasteiger charge is -2.28. The summed E-state index contributed by atoms with van der Waals surface area (Å²) in [6, 6.07) is 7.13. The molecule has 0 aromatic heterocycles. The molecule has 2 fully saturated rings. The summed E-state index contributed by atoms with van der Waals surface area (Å²) in [6.07, 6.45) is 3.96. The van der Waals surface area contributed by atoms with Crippen LogP contribution in [0.3, 0.4) is 0 Å². The predicted octanol–water partition coefficient (Wildman–Crippen LogP) is 2.13. The lowest BCUT2D eigenvalue weighted by atomic mass is 10.2. The third-order valence-corrected chi connectivity index (χ3v) is 4.69. The third-order valence-electron chi connectivity index (χ3n) is 4.69. The minimum atomic E-state index is 0.660. The molecule has 0 saturated carbocycles. The fraction of sp³-hybridized carbons (Fsp3) is 0.625. The highest BCUT2D eigenvalue weighted by molar-refractivity contribution is 5.57. The van der Waals surface area contributed by atoms with Crippen molar-refractivity contribution in [1.82, 2.24) is 4.90 Å². The van der Waals surface area contributed by atoms with Gasteiger partial charge in [-0.3, -0.25) is 4.90 Å². The normalized spacial score (nSPS) is 26.2. The Morgan fingerprint density at radius 2 is 1.80 bits per heavy atom. The standard InChI is InChI=1S/C16H22N2O2/c1-3-14-12-18(8-2-7-17(14)6-1)13-4-5-15-16(11-13)20-10-9-19-15/h4-5,11,14H,1-3,6-10,12H2. The smallest absolute Gasteiger partial charge is 0.163 e. The van der Waals surface area contributed by atoms with Crippen molar-refractivity contribution in [1.29, 1.82) is 0 Å². The molecule has 0 N–H and O–H groups in total. The highest BCUT2D eigenvalue weighted by Crippen LogP contribution is 2.35. The molecule has 1 atom stereocenters. The molecule has 3 heterocycles. The number of hydrogen-bond donors (Lipinski definition) is 0. The van der Waals surface area contributed by atoms with E-state index in [4.69, 9.17) is 9.47 Å². The van der Waals surface area contributed by atoms with Crippen molar-refractivity contribution in [2.45, 2.75) is 25.3 Å². The SMILES string of the molecule is c1cc2c(cc1N1CCCN3CCCC3C1)OCCO2. The molecule has 0 amide bonds. The van der Waals surface area contributed by atoms with E-state index >= 15 is 0 Å². The summed E-state index contributed by atoms with van der Waals surface area (Å²) in [7, 11) is 0. The molecular weight excluding hydrogens is 252 g/mol. The Balaban J connectivity index is 1.56. The molecule has 1 aromatic rings. The van der Waals surface area contributed by atoms with Gasteiger partial charge in [0.2, 0.25) is 0 Å². The molecule has 0 aliphatic carbocycles. The number of rotatable bonds is 1. The fourth-order valence-electron chi connectivity index (χ4n) is 3.67. The Labute approximate surface area is 120 Å². The monoisotopic (exact) mass is 274 g/mol. The number of benzene rings is 1. The van der Waals surface area contributed by atoms with Gasteiger partial charge in [-0.2, -0.15) is 0 Å². The Morgan fingerprint density at radius 1 is 0.950 bits per heavy atom. The van der Waals surface area contributed by atoms with E-state index in [-0.39, 0.29) is 0 Å². The van der Waals surface area contributed by atoms with Crippen molar-refractivity contribution in [3.05, 3.63) is 18.2 Å². The zero-order valence-electron chi connectivity index (χ0n) is 11.9. The zero-order valence-corrected chi connectivity index (χ0v) is 11.9. The van der Waals surface area contributed by atoms with Crippen LogP contribution in [0.15, 0.2) is 18.2 Å². The summed E-state index contributed by atoms with van der Waals surface area (Å²) in [6.45, 7) is 6.16. The maximum absolute atomic E-state index is 5.71. The number of hydrogen-bond acceptors (Lipinski definition) is 4. The minimum absolute atomic E-state index is 0.660. The van der Waals surface area contributed by atoms with Gasteiger partial charge in [0.15, 0.2) is 11.5 Å². The van der Waals surface area contributed by atoms with Crippen molar-refractivity contribution in [2.75, 3.05) is 44.3 Å². The molecule has 20 heavy (non-hydrogen) atoms. The summed E-state index contributed by atoms with van der Waals surface area (Å²) >= 11 is 0. The fourth-order valence-corrected chi connectivity index (χ4v) is 3.67. The van der Waals surface area contributed by atoms with E-state index in [0.717, 1.165) is 30.6 Å². The van der Waals surface area contributed by atoms with Crippen LogP contribution in [-0.4, -0.2) is 50.3 Å². The van der Waals surface area contributed by atoms with Crippen LogP contribution in [0.1, 0.15) is 19.3 Å². The summed E-state index contributed by atoms with van der Waals surface area (Å²) < 4.78 is 11.3. The van der Waals surface area contributed by atoms with Crippen molar-refractivity contribution in [3.8, 4) is 11.5 Å². The van der Waals surface area contributed by atoms with Crippen molar-refractivity contribution >= 4 is 5.69 Å². The van der Waals surface area contributed by atoms with E-state index in [1.165, 1.54) is 38.0 Å². The van der Waals surface area contributed by atoms with Crippen molar-refractivity contribution in [3.63, 3.8) is 0 Å². The topological polar surface area (TPSA) is 24.9 Å². The molecule has 0 spiro atoms. The maximum Gasteiger partial charge on any atom is 0.163 e. The van der Waals surface area contributed by atoms with E-state index in [9.17, 15) is 0 Å². The first-order valence-electron chi connectivity index (χ1n) is 7.79. The molecule has 4 rings (SSSR count). The van der Waals surface area contributed by atoms with Crippen molar-refractivity contribution in [2.24, 2.45) is 0 Å². The molecule has 0 bridgehead atoms. The van der Waals surface area contributed by atoms with Gasteiger partial charge >= 0.3 is 0 Å². The maximum atomic E-state index is 5.71. The first-order chi connectivity index (χ1) is 9.90. The number of anilines is 1. The van der Waals surface area contributed by atoms with Gasteiger partial charge in [-0.05, 0) is 37.9 Å². The second-order valence-electron chi connectivity index (χ2n) is 5.96.